The first-order valence-corrected chi connectivity index (χ1v) is 7.37. The van der Waals surface area contributed by atoms with E-state index in [9.17, 15) is 0 Å². The molecular weight excluding hydrogens is 306 g/mol. The summed E-state index contributed by atoms with van der Waals surface area (Å²) in [6, 6.07) is 6.85. The van der Waals surface area contributed by atoms with E-state index in [2.05, 4.69) is 25.3 Å². The van der Waals surface area contributed by atoms with Gasteiger partial charge in [-0.05, 0) is 28.5 Å². The summed E-state index contributed by atoms with van der Waals surface area (Å²) in [5.41, 5.74) is 2.77. The lowest BCUT2D eigenvalue weighted by Gasteiger charge is -2.02. The molecule has 7 nitrogen and oxygen atoms in total. The number of anilines is 1. The van der Waals surface area contributed by atoms with Gasteiger partial charge in [0.1, 0.15) is 0 Å². The van der Waals surface area contributed by atoms with E-state index in [0.717, 1.165) is 0 Å². The van der Waals surface area contributed by atoms with Gasteiger partial charge in [0, 0.05) is 12.1 Å². The van der Waals surface area contributed by atoms with Crippen molar-refractivity contribution < 1.29 is 9.84 Å². The van der Waals surface area contributed by atoms with Gasteiger partial charge < -0.3 is 5.32 Å². The molecule has 0 radical (unpaired) electrons. The van der Waals surface area contributed by atoms with E-state index in [0.29, 0.717) is 16.5 Å². The highest BCUT2D eigenvalue weighted by molar-refractivity contribution is 6.30. The van der Waals surface area contributed by atoms with Crippen LogP contribution >= 0.6 is 11.6 Å². The van der Waals surface area contributed by atoms with Gasteiger partial charge in [-0.1, -0.05) is 45.4 Å². The Kier molecular flexibility index (Phi) is 10.4. The molecule has 22 heavy (non-hydrogen) atoms. The molecule has 8 heteroatoms. The molecule has 1 heterocycles. The Morgan fingerprint density at radius 3 is 2.45 bits per heavy atom. The Morgan fingerprint density at radius 2 is 1.91 bits per heavy atom. The number of rotatable bonds is 3. The minimum atomic E-state index is 0.0999. The number of hydrogen-bond donors (Lipinski definition) is 3. The Morgan fingerprint density at radius 1 is 1.23 bits per heavy atom. The van der Waals surface area contributed by atoms with E-state index in [1.165, 1.54) is 0 Å². The molecule has 0 aliphatic heterocycles. The number of nitrogens with one attached hydrogen (secondary N) is 2. The zero-order chi connectivity index (χ0) is 17.0. The second-order valence-electron chi connectivity index (χ2n) is 3.26. The molecule has 1 aromatic heterocycles. The van der Waals surface area contributed by atoms with Crippen molar-refractivity contribution in [2.24, 2.45) is 4.99 Å². The number of amidine groups is 1. The van der Waals surface area contributed by atoms with Crippen LogP contribution in [0.25, 0.3) is 0 Å². The summed E-state index contributed by atoms with van der Waals surface area (Å²) in [6.45, 7) is 8.00. The first-order valence-electron chi connectivity index (χ1n) is 6.99. The molecule has 0 aliphatic rings. The lowest BCUT2D eigenvalue weighted by molar-refractivity contribution is 0.234. The predicted octanol–water partition coefficient (Wildman–Crippen LogP) is 3.87. The second kappa shape index (κ2) is 11.5. The third-order valence-corrected chi connectivity index (χ3v) is 2.34. The molecule has 122 valence electrons. The number of hydrogen-bond acceptors (Lipinski definition) is 6. The quantitative estimate of drug-likeness (QED) is 0.450. The Balaban J connectivity index is 0.00000102. The topological polar surface area (TPSA) is 95.6 Å². The molecule has 0 saturated heterocycles. The van der Waals surface area contributed by atoms with Gasteiger partial charge in [-0.2, -0.15) is 0 Å². The summed E-state index contributed by atoms with van der Waals surface area (Å²) in [7, 11) is 1.65. The third kappa shape index (κ3) is 5.71. The fourth-order valence-corrected chi connectivity index (χ4v) is 1.50. The summed E-state index contributed by atoms with van der Waals surface area (Å²) >= 11 is 5.84. The summed E-state index contributed by atoms with van der Waals surface area (Å²) in [5, 5.41) is 19.7. The van der Waals surface area contributed by atoms with Crippen molar-refractivity contribution in [3.8, 4) is 0 Å². The largest absolute Gasteiger partial charge is 0.368 e. The van der Waals surface area contributed by atoms with Crippen LogP contribution in [0.3, 0.4) is 0 Å². The molecule has 0 spiro atoms. The van der Waals surface area contributed by atoms with Gasteiger partial charge in [0.2, 0.25) is 5.82 Å². The Bertz CT molecular complexity index is 572. The molecule has 0 amide bonds. The van der Waals surface area contributed by atoms with Crippen molar-refractivity contribution in [3.05, 3.63) is 35.0 Å². The summed E-state index contributed by atoms with van der Waals surface area (Å²) in [5.74, 6) is 0.459. The van der Waals surface area contributed by atoms with Gasteiger partial charge in [-0.3, -0.25) is 10.7 Å². The number of halogens is 1. The van der Waals surface area contributed by atoms with Crippen LogP contribution in [0.1, 0.15) is 33.4 Å². The smallest absolute Gasteiger partial charge is 0.202 e. The van der Waals surface area contributed by atoms with E-state index < -0.39 is 0 Å². The maximum Gasteiger partial charge on any atom is 0.202 e. The van der Waals surface area contributed by atoms with Crippen molar-refractivity contribution in [3.63, 3.8) is 0 Å². The van der Waals surface area contributed by atoms with Crippen molar-refractivity contribution in [1.29, 1.82) is 0 Å². The first-order chi connectivity index (χ1) is 10.7. The highest BCUT2D eigenvalue weighted by Gasteiger charge is 2.15. The molecule has 3 N–H and O–H groups in total. The maximum atomic E-state index is 9.10. The van der Waals surface area contributed by atoms with Crippen LogP contribution in [0, 0.1) is 0 Å². The number of aromatic nitrogens is 2. The summed E-state index contributed by atoms with van der Waals surface area (Å²) < 4.78 is 4.56. The van der Waals surface area contributed by atoms with Gasteiger partial charge in [0.15, 0.2) is 11.5 Å². The van der Waals surface area contributed by atoms with Gasteiger partial charge in [-0.25, -0.2) is 9.62 Å². The highest BCUT2D eigenvalue weighted by Crippen LogP contribution is 2.19. The van der Waals surface area contributed by atoms with Crippen LogP contribution in [0.2, 0.25) is 5.02 Å². The highest BCUT2D eigenvalue weighted by atomic mass is 35.5. The van der Waals surface area contributed by atoms with Crippen LogP contribution in [0.5, 0.6) is 0 Å². The molecule has 1 aromatic carbocycles. The molecule has 0 saturated carbocycles. The first kappa shape index (κ1) is 19.9. The molecular formula is C14H22ClN5O2. The van der Waals surface area contributed by atoms with E-state index in [-0.39, 0.29) is 11.5 Å². The average molecular weight is 328 g/mol. The lowest BCUT2D eigenvalue weighted by atomic mass is 10.3. The fraction of sp³-hybridized carbons (Fsp3) is 0.357. The number of nitrogens with zero attached hydrogens (tertiary/aromatic N) is 3. The zero-order valence-corrected chi connectivity index (χ0v) is 14.1. The van der Waals surface area contributed by atoms with Gasteiger partial charge in [0.25, 0.3) is 0 Å². The molecule has 0 atom stereocenters. The van der Waals surface area contributed by atoms with Crippen LogP contribution < -0.4 is 10.8 Å². The molecule has 0 aliphatic carbocycles. The minimum absolute atomic E-state index is 0.0999. The number of hydroxylamine groups is 1. The number of benzene rings is 1. The summed E-state index contributed by atoms with van der Waals surface area (Å²) in [6.07, 6.45) is 0. The normalized spacial score (nSPS) is 9.86. The molecule has 0 bridgehead atoms. The molecule has 0 fully saturated rings. The van der Waals surface area contributed by atoms with E-state index in [1.54, 1.807) is 31.3 Å². The average Bonchev–Trinajstić information content (AvgIpc) is 3.05. The van der Waals surface area contributed by atoms with E-state index >= 15 is 0 Å². The van der Waals surface area contributed by atoms with Gasteiger partial charge in [-0.15, -0.1) is 0 Å². The van der Waals surface area contributed by atoms with Crippen LogP contribution in [0.4, 0.5) is 11.5 Å². The fourth-order valence-electron chi connectivity index (χ4n) is 1.31. The second-order valence-corrected chi connectivity index (χ2v) is 3.70. The van der Waals surface area contributed by atoms with Crippen molar-refractivity contribution in [2.75, 3.05) is 12.4 Å². The van der Waals surface area contributed by atoms with Crippen LogP contribution in [-0.4, -0.2) is 28.4 Å². The molecule has 0 unspecified atom stereocenters. The van der Waals surface area contributed by atoms with Crippen molar-refractivity contribution >= 4 is 28.9 Å². The Labute approximate surface area is 135 Å². The zero-order valence-electron chi connectivity index (χ0n) is 13.4. The Hall–Kier alpha value is -2.12. The monoisotopic (exact) mass is 327 g/mol. The van der Waals surface area contributed by atoms with E-state index in [4.69, 9.17) is 16.8 Å². The molecule has 2 rings (SSSR count). The summed E-state index contributed by atoms with van der Waals surface area (Å²) in [4.78, 5) is 4.16. The van der Waals surface area contributed by atoms with Crippen molar-refractivity contribution in [2.45, 2.75) is 27.7 Å². The lowest BCUT2D eigenvalue weighted by Crippen LogP contribution is -2.21. The van der Waals surface area contributed by atoms with Crippen LogP contribution in [0.15, 0.2) is 33.9 Å². The predicted molar refractivity (Wildman–Crippen MR) is 89.1 cm³/mol. The maximum absolute atomic E-state index is 9.10. The SMILES string of the molecule is CC.CC.CNc1nonc1C(=Nc1cccc(Cl)c1)NO. The van der Waals surface area contributed by atoms with Gasteiger partial charge >= 0.3 is 0 Å². The van der Waals surface area contributed by atoms with E-state index in [1.807, 2.05) is 33.2 Å². The third-order valence-electron chi connectivity index (χ3n) is 2.10. The molecule has 2 aromatic rings. The van der Waals surface area contributed by atoms with Crippen LogP contribution in [-0.2, 0) is 0 Å². The van der Waals surface area contributed by atoms with Crippen molar-refractivity contribution in [1.82, 2.24) is 15.8 Å². The van der Waals surface area contributed by atoms with Gasteiger partial charge in [0.05, 0.1) is 5.69 Å². The standard InChI is InChI=1S/C10H10ClN5O2.2C2H6/c1-12-9-8(15-18-16-9)10(14-17)13-7-4-2-3-6(11)5-7;2*1-2/h2-5,17H,1H3,(H,12,16)(H,13,14);2*1-2H3. The minimum Gasteiger partial charge on any atom is -0.368 e. The number of aliphatic imine (C=N–C) groups is 1.